The molecule has 0 saturated heterocycles. The summed E-state index contributed by atoms with van der Waals surface area (Å²) in [5.41, 5.74) is 5.49. The van der Waals surface area contributed by atoms with Gasteiger partial charge in [0.05, 0.1) is 12.1 Å². The van der Waals surface area contributed by atoms with E-state index in [-0.39, 0.29) is 0 Å². The number of nitrogens with two attached hydrogens (primary N) is 1. The third-order valence-corrected chi connectivity index (χ3v) is 2.04. The van der Waals surface area contributed by atoms with E-state index >= 15 is 0 Å². The van der Waals surface area contributed by atoms with Crippen LogP contribution in [0.25, 0.3) is 0 Å². The van der Waals surface area contributed by atoms with Gasteiger partial charge in [-0.15, -0.1) is 0 Å². The minimum atomic E-state index is -0.481. The van der Waals surface area contributed by atoms with Crippen molar-refractivity contribution >= 4 is 11.7 Å². The van der Waals surface area contributed by atoms with Crippen molar-refractivity contribution in [3.8, 4) is 0 Å². The molecule has 2 heterocycles. The summed E-state index contributed by atoms with van der Waals surface area (Å²) >= 11 is 0. The Labute approximate surface area is 91.9 Å². The number of nitrogens with one attached hydrogen (secondary N) is 2. The number of anilines is 1. The number of hydrogen-bond donors (Lipinski definition) is 3. The number of H-pyrrole nitrogens is 1. The number of nitrogens with zero attached hydrogens (tertiary/aromatic N) is 2. The number of amides is 1. The highest BCUT2D eigenvalue weighted by Crippen LogP contribution is 2.05. The van der Waals surface area contributed by atoms with E-state index in [1.807, 2.05) is 0 Å². The normalized spacial score (nSPS) is 10.0. The molecule has 2 aromatic heterocycles. The number of carbonyl (C=O) groups is 1. The molecule has 0 spiro atoms. The Hall–Kier alpha value is -2.37. The van der Waals surface area contributed by atoms with Crippen LogP contribution in [0.4, 0.5) is 5.82 Å². The van der Waals surface area contributed by atoms with Crippen LogP contribution in [0.5, 0.6) is 0 Å². The smallest absolute Gasteiger partial charge is 0.250 e. The molecule has 0 aromatic carbocycles. The first-order valence-electron chi connectivity index (χ1n) is 4.73. The second-order valence-corrected chi connectivity index (χ2v) is 3.19. The van der Waals surface area contributed by atoms with Crippen LogP contribution in [0, 0.1) is 0 Å². The summed E-state index contributed by atoms with van der Waals surface area (Å²) in [5.74, 6) is 1.01. The Kier molecular flexibility index (Phi) is 2.81. The molecule has 6 heteroatoms. The second kappa shape index (κ2) is 4.43. The number of hydrogen-bond acceptors (Lipinski definition) is 4. The average molecular weight is 217 g/mol. The Morgan fingerprint density at radius 2 is 2.31 bits per heavy atom. The predicted molar refractivity (Wildman–Crippen MR) is 58.7 cm³/mol. The molecule has 0 atom stereocenters. The molecule has 0 aliphatic heterocycles. The van der Waals surface area contributed by atoms with E-state index in [1.54, 1.807) is 24.5 Å². The molecule has 0 aliphatic carbocycles. The molecule has 16 heavy (non-hydrogen) atoms. The molecule has 2 aromatic rings. The minimum absolute atomic E-state index is 0.392. The van der Waals surface area contributed by atoms with Gasteiger partial charge in [0, 0.05) is 18.6 Å². The highest BCUT2D eigenvalue weighted by atomic mass is 16.1. The fraction of sp³-hybridized carbons (Fsp3) is 0.100. The number of primary amides is 1. The molecule has 0 bridgehead atoms. The highest BCUT2D eigenvalue weighted by Gasteiger charge is 2.01. The first-order chi connectivity index (χ1) is 7.75. The average Bonchev–Trinajstić information content (AvgIpc) is 2.80. The van der Waals surface area contributed by atoms with Crippen molar-refractivity contribution in [2.75, 3.05) is 5.32 Å². The van der Waals surface area contributed by atoms with Crippen LogP contribution in [-0.2, 0) is 6.54 Å². The largest absolute Gasteiger partial charge is 0.366 e. The number of rotatable bonds is 4. The van der Waals surface area contributed by atoms with Crippen molar-refractivity contribution < 1.29 is 4.79 Å². The molecular formula is C10H11N5O. The zero-order chi connectivity index (χ0) is 11.4. The predicted octanol–water partition coefficient (Wildman–Crippen LogP) is 0.516. The lowest BCUT2D eigenvalue weighted by atomic mass is 10.3. The van der Waals surface area contributed by atoms with Gasteiger partial charge < -0.3 is 16.0 Å². The lowest BCUT2D eigenvalue weighted by Gasteiger charge is -2.03. The number of aromatic amines is 1. The maximum Gasteiger partial charge on any atom is 0.250 e. The summed E-state index contributed by atoms with van der Waals surface area (Å²) < 4.78 is 0. The van der Waals surface area contributed by atoms with E-state index in [0.717, 1.165) is 5.82 Å². The number of imidazole rings is 1. The van der Waals surface area contributed by atoms with Crippen LogP contribution in [0.1, 0.15) is 16.2 Å². The van der Waals surface area contributed by atoms with Crippen molar-refractivity contribution in [3.05, 3.63) is 42.1 Å². The molecule has 0 saturated carbocycles. The van der Waals surface area contributed by atoms with Crippen molar-refractivity contribution in [2.24, 2.45) is 5.73 Å². The quantitative estimate of drug-likeness (QED) is 0.695. The first-order valence-corrected chi connectivity index (χ1v) is 4.73. The van der Waals surface area contributed by atoms with Crippen LogP contribution in [0.2, 0.25) is 0 Å². The van der Waals surface area contributed by atoms with E-state index in [9.17, 15) is 4.79 Å². The fourth-order valence-corrected chi connectivity index (χ4v) is 1.21. The van der Waals surface area contributed by atoms with E-state index < -0.39 is 5.91 Å². The van der Waals surface area contributed by atoms with Crippen LogP contribution in [0.15, 0.2) is 30.7 Å². The zero-order valence-corrected chi connectivity index (χ0v) is 8.47. The molecule has 0 unspecified atom stereocenters. The van der Waals surface area contributed by atoms with Gasteiger partial charge >= 0.3 is 0 Å². The van der Waals surface area contributed by atoms with Crippen LogP contribution in [0.3, 0.4) is 0 Å². The number of aromatic nitrogens is 3. The molecule has 0 aliphatic rings. The molecule has 6 nitrogen and oxygen atoms in total. The molecule has 0 fully saturated rings. The van der Waals surface area contributed by atoms with Gasteiger partial charge in [0.1, 0.15) is 11.6 Å². The number of pyridine rings is 1. The molecular weight excluding hydrogens is 206 g/mol. The first kappa shape index (κ1) is 10.2. The standard InChI is InChI=1S/C10H11N5O/c11-10(16)7-1-2-8(14-5-7)15-6-9-12-3-4-13-9/h1-5H,6H2,(H2,11,16)(H,12,13)(H,14,15). The molecule has 82 valence electrons. The van der Waals surface area contributed by atoms with Gasteiger partial charge in [0.25, 0.3) is 0 Å². The highest BCUT2D eigenvalue weighted by molar-refractivity contribution is 5.92. The maximum atomic E-state index is 10.8. The summed E-state index contributed by atoms with van der Waals surface area (Å²) in [4.78, 5) is 21.9. The Bertz CT molecular complexity index is 462. The topological polar surface area (TPSA) is 96.7 Å². The Morgan fingerprint density at radius 3 is 2.88 bits per heavy atom. The van der Waals surface area contributed by atoms with Gasteiger partial charge in [-0.25, -0.2) is 9.97 Å². The van der Waals surface area contributed by atoms with Crippen LogP contribution in [-0.4, -0.2) is 20.9 Å². The monoisotopic (exact) mass is 217 g/mol. The maximum absolute atomic E-state index is 10.8. The second-order valence-electron chi connectivity index (χ2n) is 3.19. The third-order valence-electron chi connectivity index (χ3n) is 2.04. The molecule has 0 radical (unpaired) electrons. The summed E-state index contributed by atoms with van der Waals surface area (Å²) in [5, 5.41) is 3.06. The zero-order valence-electron chi connectivity index (χ0n) is 8.47. The fourth-order valence-electron chi connectivity index (χ4n) is 1.21. The van der Waals surface area contributed by atoms with E-state index in [1.165, 1.54) is 6.20 Å². The van der Waals surface area contributed by atoms with Gasteiger partial charge in [0.2, 0.25) is 5.91 Å². The third kappa shape index (κ3) is 2.35. The van der Waals surface area contributed by atoms with Crippen molar-refractivity contribution in [2.45, 2.75) is 6.54 Å². The van der Waals surface area contributed by atoms with Gasteiger partial charge in [-0.2, -0.15) is 0 Å². The van der Waals surface area contributed by atoms with Crippen molar-refractivity contribution in [3.63, 3.8) is 0 Å². The van der Waals surface area contributed by atoms with Gasteiger partial charge in [-0.1, -0.05) is 0 Å². The van der Waals surface area contributed by atoms with Gasteiger partial charge in [0.15, 0.2) is 0 Å². The summed E-state index contributed by atoms with van der Waals surface area (Å²) in [6, 6.07) is 3.32. The Balaban J connectivity index is 1.98. The minimum Gasteiger partial charge on any atom is -0.366 e. The Morgan fingerprint density at radius 1 is 1.44 bits per heavy atom. The molecule has 1 amide bonds. The summed E-state index contributed by atoms with van der Waals surface area (Å²) in [6.45, 7) is 0.552. The van der Waals surface area contributed by atoms with Crippen LogP contribution < -0.4 is 11.1 Å². The van der Waals surface area contributed by atoms with Gasteiger partial charge in [-0.3, -0.25) is 4.79 Å². The van der Waals surface area contributed by atoms with E-state index in [4.69, 9.17) is 5.73 Å². The summed E-state index contributed by atoms with van der Waals surface area (Å²) in [6.07, 6.45) is 4.87. The lowest BCUT2D eigenvalue weighted by molar-refractivity contribution is 0.1000. The lowest BCUT2D eigenvalue weighted by Crippen LogP contribution is -2.11. The molecule has 2 rings (SSSR count). The van der Waals surface area contributed by atoms with Crippen molar-refractivity contribution in [1.82, 2.24) is 15.0 Å². The van der Waals surface area contributed by atoms with E-state index in [2.05, 4.69) is 20.3 Å². The van der Waals surface area contributed by atoms with Gasteiger partial charge in [-0.05, 0) is 12.1 Å². The van der Waals surface area contributed by atoms with E-state index in [0.29, 0.717) is 17.9 Å². The summed E-state index contributed by atoms with van der Waals surface area (Å²) in [7, 11) is 0. The van der Waals surface area contributed by atoms with Crippen molar-refractivity contribution in [1.29, 1.82) is 0 Å². The molecule has 4 N–H and O–H groups in total. The SMILES string of the molecule is NC(=O)c1ccc(NCc2ncc[nH]2)nc1. The number of carbonyl (C=O) groups excluding carboxylic acids is 1. The van der Waals surface area contributed by atoms with Crippen LogP contribution >= 0.6 is 0 Å².